The van der Waals surface area contributed by atoms with E-state index in [1.807, 2.05) is 0 Å². The zero-order chi connectivity index (χ0) is 15.2. The van der Waals surface area contributed by atoms with Gasteiger partial charge in [0.25, 0.3) is 0 Å². The molecule has 1 saturated carbocycles. The molecule has 1 atom stereocenters. The molecule has 0 aromatic rings. The first kappa shape index (κ1) is 17.9. The lowest BCUT2D eigenvalue weighted by Gasteiger charge is -2.51. The molecular weight excluding hydrogens is 246 g/mol. The summed E-state index contributed by atoms with van der Waals surface area (Å²) in [7, 11) is 0. The number of hydrogen-bond acceptors (Lipinski definition) is 3. The maximum atomic E-state index is 6.05. The van der Waals surface area contributed by atoms with Crippen molar-refractivity contribution in [3.63, 3.8) is 0 Å². The first-order valence-electron chi connectivity index (χ1n) is 8.80. The lowest BCUT2D eigenvalue weighted by Crippen LogP contribution is -2.65. The molecule has 0 aromatic heterocycles. The Bertz CT molecular complexity index is 251. The van der Waals surface area contributed by atoms with Crippen LogP contribution in [0.15, 0.2) is 0 Å². The van der Waals surface area contributed by atoms with Gasteiger partial charge in [0.15, 0.2) is 0 Å². The van der Waals surface area contributed by atoms with Gasteiger partial charge in [-0.1, -0.05) is 47.5 Å². The molecular formula is C17H37N3. The molecule has 20 heavy (non-hydrogen) atoms. The third-order valence-corrected chi connectivity index (χ3v) is 5.91. The minimum Gasteiger partial charge on any atom is -0.297 e. The molecule has 0 bridgehead atoms. The van der Waals surface area contributed by atoms with Crippen molar-refractivity contribution in [3.8, 4) is 0 Å². The highest BCUT2D eigenvalue weighted by Gasteiger charge is 2.43. The van der Waals surface area contributed by atoms with E-state index in [1.54, 1.807) is 0 Å². The van der Waals surface area contributed by atoms with Gasteiger partial charge in [-0.15, -0.1) is 0 Å². The molecule has 1 aliphatic rings. The smallest absolute Gasteiger partial charge is 0.0422 e. The summed E-state index contributed by atoms with van der Waals surface area (Å²) in [5, 5.41) is 0. The molecule has 1 unspecified atom stereocenters. The molecule has 1 rings (SSSR count). The van der Waals surface area contributed by atoms with Crippen molar-refractivity contribution in [3.05, 3.63) is 0 Å². The second-order valence-electron chi connectivity index (χ2n) is 6.65. The molecule has 0 heterocycles. The topological polar surface area (TPSA) is 41.3 Å². The van der Waals surface area contributed by atoms with Crippen LogP contribution in [0.2, 0.25) is 0 Å². The molecule has 1 aliphatic carbocycles. The second-order valence-corrected chi connectivity index (χ2v) is 6.65. The van der Waals surface area contributed by atoms with Crippen LogP contribution in [0.25, 0.3) is 0 Å². The van der Waals surface area contributed by atoms with Crippen molar-refractivity contribution < 1.29 is 0 Å². The number of hydrazine groups is 1. The largest absolute Gasteiger partial charge is 0.297 e. The van der Waals surface area contributed by atoms with E-state index in [1.165, 1.54) is 38.5 Å². The zero-order valence-corrected chi connectivity index (χ0v) is 14.4. The zero-order valence-electron chi connectivity index (χ0n) is 14.4. The van der Waals surface area contributed by atoms with Crippen LogP contribution in [0.1, 0.15) is 73.1 Å². The third kappa shape index (κ3) is 3.55. The normalized spacial score (nSPS) is 25.9. The number of hydrogen-bond donors (Lipinski definition) is 2. The van der Waals surface area contributed by atoms with E-state index in [0.717, 1.165) is 24.9 Å². The number of rotatable bonds is 8. The van der Waals surface area contributed by atoms with Gasteiger partial charge in [0, 0.05) is 11.6 Å². The number of nitrogens with zero attached hydrogens (tertiary/aromatic N) is 1. The fourth-order valence-corrected chi connectivity index (χ4v) is 4.54. The minimum absolute atomic E-state index is 0.212. The fourth-order valence-electron chi connectivity index (χ4n) is 4.54. The highest BCUT2D eigenvalue weighted by atomic mass is 15.3. The summed E-state index contributed by atoms with van der Waals surface area (Å²) in [6.45, 7) is 13.8. The Balaban J connectivity index is 2.96. The highest BCUT2D eigenvalue weighted by Crippen LogP contribution is 2.38. The van der Waals surface area contributed by atoms with Gasteiger partial charge in [-0.3, -0.25) is 16.2 Å². The quantitative estimate of drug-likeness (QED) is 0.529. The van der Waals surface area contributed by atoms with E-state index in [4.69, 9.17) is 5.84 Å². The van der Waals surface area contributed by atoms with Crippen LogP contribution in [0, 0.1) is 11.8 Å². The van der Waals surface area contributed by atoms with E-state index < -0.39 is 0 Å². The Morgan fingerprint density at radius 2 is 1.55 bits per heavy atom. The lowest BCUT2D eigenvalue weighted by atomic mass is 9.70. The van der Waals surface area contributed by atoms with Crippen molar-refractivity contribution >= 4 is 0 Å². The van der Waals surface area contributed by atoms with Gasteiger partial charge in [-0.05, 0) is 50.6 Å². The monoisotopic (exact) mass is 283 g/mol. The Kier molecular flexibility index (Phi) is 7.49. The maximum absolute atomic E-state index is 6.05. The first-order valence-corrected chi connectivity index (χ1v) is 8.80. The van der Waals surface area contributed by atoms with Gasteiger partial charge in [0.05, 0.1) is 0 Å². The molecule has 0 aromatic carbocycles. The van der Waals surface area contributed by atoms with Crippen molar-refractivity contribution in [1.82, 2.24) is 10.3 Å². The lowest BCUT2D eigenvalue weighted by molar-refractivity contribution is 0.0156. The average molecular weight is 284 g/mol. The Morgan fingerprint density at radius 1 is 1.05 bits per heavy atom. The highest BCUT2D eigenvalue weighted by molar-refractivity contribution is 5.01. The van der Waals surface area contributed by atoms with Crippen molar-refractivity contribution in [2.45, 2.75) is 84.7 Å². The van der Waals surface area contributed by atoms with Gasteiger partial charge in [-0.25, -0.2) is 0 Å². The predicted molar refractivity (Wildman–Crippen MR) is 88.5 cm³/mol. The molecule has 0 aliphatic heterocycles. The van der Waals surface area contributed by atoms with Crippen molar-refractivity contribution in [2.75, 3.05) is 13.1 Å². The third-order valence-electron chi connectivity index (χ3n) is 5.91. The molecule has 0 amide bonds. The van der Waals surface area contributed by atoms with Crippen LogP contribution in [-0.2, 0) is 0 Å². The van der Waals surface area contributed by atoms with Gasteiger partial charge in [0.1, 0.15) is 0 Å². The van der Waals surface area contributed by atoms with Gasteiger partial charge >= 0.3 is 0 Å². The van der Waals surface area contributed by atoms with Gasteiger partial charge in [0.2, 0.25) is 0 Å². The van der Waals surface area contributed by atoms with E-state index in [2.05, 4.69) is 44.9 Å². The molecule has 3 N–H and O–H groups in total. The van der Waals surface area contributed by atoms with Gasteiger partial charge < -0.3 is 0 Å². The average Bonchev–Trinajstić information content (AvgIpc) is 2.49. The van der Waals surface area contributed by atoms with Gasteiger partial charge in [-0.2, -0.15) is 0 Å². The maximum Gasteiger partial charge on any atom is 0.0422 e. The number of nitrogens with two attached hydrogens (primary N) is 1. The molecule has 1 fully saturated rings. The first-order chi connectivity index (χ1) is 9.59. The van der Waals surface area contributed by atoms with E-state index in [9.17, 15) is 0 Å². The summed E-state index contributed by atoms with van der Waals surface area (Å²) in [6.07, 6.45) is 7.74. The SMILES string of the molecule is CCN(CC)C(CC)(CC)C(NN)C1CCC(C)CC1. The predicted octanol–water partition coefficient (Wildman–Crippen LogP) is 3.55. The number of likely N-dealkylation sites (N-methyl/N-ethyl adjacent to an activating group) is 1. The summed E-state index contributed by atoms with van der Waals surface area (Å²) >= 11 is 0. The molecule has 3 nitrogen and oxygen atoms in total. The summed E-state index contributed by atoms with van der Waals surface area (Å²) in [6, 6.07) is 0.421. The summed E-state index contributed by atoms with van der Waals surface area (Å²) in [4.78, 5) is 2.63. The molecule has 0 radical (unpaired) electrons. The van der Waals surface area contributed by atoms with Crippen molar-refractivity contribution in [1.29, 1.82) is 0 Å². The van der Waals surface area contributed by atoms with E-state index in [0.29, 0.717) is 6.04 Å². The van der Waals surface area contributed by atoms with Crippen LogP contribution < -0.4 is 11.3 Å². The van der Waals surface area contributed by atoms with E-state index >= 15 is 0 Å². The summed E-state index contributed by atoms with van der Waals surface area (Å²) < 4.78 is 0. The van der Waals surface area contributed by atoms with Crippen LogP contribution >= 0.6 is 0 Å². The standard InChI is InChI=1S/C17H37N3/c1-6-17(7-2,20(8-3)9-4)16(19-18)15-12-10-14(5)11-13-15/h14-16,19H,6-13,18H2,1-5H3. The van der Waals surface area contributed by atoms with Crippen LogP contribution in [0.5, 0.6) is 0 Å². The summed E-state index contributed by atoms with van der Waals surface area (Å²) in [5.41, 5.74) is 3.45. The molecule has 120 valence electrons. The van der Waals surface area contributed by atoms with Crippen LogP contribution in [0.3, 0.4) is 0 Å². The Hall–Kier alpha value is -0.120. The van der Waals surface area contributed by atoms with Crippen LogP contribution in [-0.4, -0.2) is 29.6 Å². The molecule has 3 heteroatoms. The Morgan fingerprint density at radius 3 is 1.90 bits per heavy atom. The van der Waals surface area contributed by atoms with Crippen molar-refractivity contribution in [2.24, 2.45) is 17.7 Å². The fraction of sp³-hybridized carbons (Fsp3) is 1.00. The minimum atomic E-state index is 0.212. The molecule has 0 spiro atoms. The Labute approximate surface area is 126 Å². The van der Waals surface area contributed by atoms with Crippen LogP contribution in [0.4, 0.5) is 0 Å². The second kappa shape index (κ2) is 8.35. The van der Waals surface area contributed by atoms with E-state index in [-0.39, 0.29) is 5.54 Å². The number of nitrogens with one attached hydrogen (secondary N) is 1. The summed E-state index contributed by atoms with van der Waals surface area (Å²) in [5.74, 6) is 7.68. The molecule has 0 saturated heterocycles.